The average molecular weight is 234 g/mol. The summed E-state index contributed by atoms with van der Waals surface area (Å²) in [5.41, 5.74) is 0. The number of fused-ring (bicyclic) bond motifs is 5. The minimum atomic E-state index is 0.959. The van der Waals surface area contributed by atoms with Gasteiger partial charge in [-0.3, -0.25) is 0 Å². The van der Waals surface area contributed by atoms with Gasteiger partial charge in [0, 0.05) is 11.8 Å². The highest BCUT2D eigenvalue weighted by molar-refractivity contribution is 5.14. The van der Waals surface area contributed by atoms with Crippen molar-refractivity contribution in [2.75, 3.05) is 26.7 Å². The van der Waals surface area contributed by atoms with Crippen LogP contribution in [0.15, 0.2) is 12.2 Å². The Bertz CT molecular complexity index is 287. The van der Waals surface area contributed by atoms with Crippen molar-refractivity contribution < 1.29 is 4.48 Å². The first-order valence-electron chi connectivity index (χ1n) is 7.74. The van der Waals surface area contributed by atoms with Gasteiger partial charge in [-0.05, 0) is 31.1 Å². The van der Waals surface area contributed by atoms with Crippen LogP contribution < -0.4 is 0 Å². The molecule has 17 heavy (non-hydrogen) atoms. The molecular formula is C16H28N+. The van der Waals surface area contributed by atoms with Crippen molar-refractivity contribution in [2.24, 2.45) is 23.7 Å². The third-order valence-electron chi connectivity index (χ3n) is 5.65. The summed E-state index contributed by atoms with van der Waals surface area (Å²) in [6.45, 7) is 6.69. The van der Waals surface area contributed by atoms with Crippen LogP contribution >= 0.6 is 0 Å². The van der Waals surface area contributed by atoms with E-state index in [1.165, 1.54) is 56.2 Å². The zero-order chi connectivity index (χ0) is 11.9. The molecule has 1 nitrogen and oxygen atoms in total. The van der Waals surface area contributed by atoms with E-state index in [0.717, 1.165) is 23.7 Å². The Kier molecular flexibility index (Phi) is 3.06. The molecule has 2 bridgehead atoms. The summed E-state index contributed by atoms with van der Waals surface area (Å²) in [6.07, 6.45) is 12.2. The molecule has 0 spiro atoms. The van der Waals surface area contributed by atoms with Gasteiger partial charge in [-0.2, -0.15) is 0 Å². The van der Waals surface area contributed by atoms with Crippen LogP contribution in [0.5, 0.6) is 0 Å². The Morgan fingerprint density at radius 1 is 1.00 bits per heavy atom. The second-order valence-corrected chi connectivity index (χ2v) is 7.04. The number of rotatable bonds is 5. The number of nitrogens with zero attached hydrogens (tertiary/aromatic N) is 1. The van der Waals surface area contributed by atoms with Gasteiger partial charge in [-0.1, -0.05) is 31.9 Å². The summed E-state index contributed by atoms with van der Waals surface area (Å²) in [7, 11) is 2.52. The molecule has 2 aliphatic carbocycles. The first-order chi connectivity index (χ1) is 8.22. The molecule has 0 aromatic rings. The lowest BCUT2D eigenvalue weighted by Crippen LogP contribution is -2.43. The van der Waals surface area contributed by atoms with E-state index >= 15 is 0 Å². The van der Waals surface area contributed by atoms with Crippen LogP contribution in [0.25, 0.3) is 0 Å². The molecule has 3 rings (SSSR count). The highest BCUT2D eigenvalue weighted by Crippen LogP contribution is 2.52. The lowest BCUT2D eigenvalue weighted by molar-refractivity contribution is -0.901. The Morgan fingerprint density at radius 3 is 2.24 bits per heavy atom. The van der Waals surface area contributed by atoms with E-state index in [9.17, 15) is 0 Å². The predicted octanol–water partition coefficient (Wildman–Crippen LogP) is 3.47. The first-order valence-corrected chi connectivity index (χ1v) is 7.74. The second-order valence-electron chi connectivity index (χ2n) is 7.04. The van der Waals surface area contributed by atoms with Crippen LogP contribution in [0.3, 0.4) is 0 Å². The molecule has 1 aliphatic heterocycles. The maximum absolute atomic E-state index is 2.53. The van der Waals surface area contributed by atoms with Gasteiger partial charge in [-0.15, -0.1) is 0 Å². The highest BCUT2D eigenvalue weighted by Gasteiger charge is 2.54. The number of allylic oxidation sites excluding steroid dienone is 2. The van der Waals surface area contributed by atoms with Crippen molar-refractivity contribution in [3.05, 3.63) is 12.2 Å². The number of likely N-dealkylation sites (tertiary alicyclic amines) is 1. The maximum atomic E-state index is 2.53. The molecule has 96 valence electrons. The number of quaternary nitrogens is 1. The van der Waals surface area contributed by atoms with E-state index < -0.39 is 0 Å². The molecule has 0 amide bonds. The van der Waals surface area contributed by atoms with Crippen molar-refractivity contribution in [3.63, 3.8) is 0 Å². The maximum Gasteiger partial charge on any atom is 0.0824 e. The topological polar surface area (TPSA) is 0 Å². The Labute approximate surface area is 106 Å². The third kappa shape index (κ3) is 2.07. The second kappa shape index (κ2) is 4.42. The predicted molar refractivity (Wildman–Crippen MR) is 72.6 cm³/mol. The van der Waals surface area contributed by atoms with Crippen LogP contribution in [0.2, 0.25) is 0 Å². The average Bonchev–Trinajstić information content (AvgIpc) is 2.95. The zero-order valence-electron chi connectivity index (χ0n) is 11.6. The minimum Gasteiger partial charge on any atom is -0.326 e. The normalized spacial score (nSPS) is 46.7. The van der Waals surface area contributed by atoms with Gasteiger partial charge in [0.15, 0.2) is 0 Å². The molecule has 0 aromatic carbocycles. The largest absolute Gasteiger partial charge is 0.326 e. The highest BCUT2D eigenvalue weighted by atomic mass is 15.4. The third-order valence-corrected chi connectivity index (χ3v) is 5.65. The monoisotopic (exact) mass is 234 g/mol. The number of unbranched alkanes of at least 4 members (excludes halogenated alkanes) is 3. The molecule has 0 N–H and O–H groups in total. The van der Waals surface area contributed by atoms with Gasteiger partial charge in [0.2, 0.25) is 0 Å². The van der Waals surface area contributed by atoms with Gasteiger partial charge < -0.3 is 4.48 Å². The fraction of sp³-hybridized carbons (Fsp3) is 0.875. The smallest absolute Gasteiger partial charge is 0.0824 e. The Balaban J connectivity index is 1.54. The van der Waals surface area contributed by atoms with Gasteiger partial charge in [-0.25, -0.2) is 0 Å². The summed E-state index contributed by atoms with van der Waals surface area (Å²) in [6, 6.07) is 0. The van der Waals surface area contributed by atoms with E-state index in [4.69, 9.17) is 0 Å². The quantitative estimate of drug-likeness (QED) is 0.388. The van der Waals surface area contributed by atoms with Crippen molar-refractivity contribution in [1.29, 1.82) is 0 Å². The number of hydrogen-bond donors (Lipinski definition) is 0. The van der Waals surface area contributed by atoms with Crippen LogP contribution in [-0.4, -0.2) is 31.2 Å². The van der Waals surface area contributed by atoms with E-state index in [1.54, 1.807) is 0 Å². The van der Waals surface area contributed by atoms with E-state index in [-0.39, 0.29) is 0 Å². The molecule has 5 atom stereocenters. The van der Waals surface area contributed by atoms with Gasteiger partial charge >= 0.3 is 0 Å². The van der Waals surface area contributed by atoms with Gasteiger partial charge in [0.05, 0.1) is 26.7 Å². The zero-order valence-corrected chi connectivity index (χ0v) is 11.6. The molecule has 0 radical (unpaired) electrons. The van der Waals surface area contributed by atoms with Gasteiger partial charge in [0.25, 0.3) is 0 Å². The molecule has 3 aliphatic rings. The van der Waals surface area contributed by atoms with Crippen LogP contribution in [0, 0.1) is 23.7 Å². The van der Waals surface area contributed by atoms with Crippen LogP contribution in [0.4, 0.5) is 0 Å². The number of hydrogen-bond acceptors (Lipinski definition) is 0. The van der Waals surface area contributed by atoms with E-state index in [2.05, 4.69) is 26.1 Å². The Hall–Kier alpha value is -0.300. The first kappa shape index (κ1) is 11.8. The van der Waals surface area contributed by atoms with Crippen molar-refractivity contribution in [1.82, 2.24) is 0 Å². The summed E-state index contributed by atoms with van der Waals surface area (Å²) in [5, 5.41) is 0. The molecular weight excluding hydrogens is 206 g/mol. The van der Waals surface area contributed by atoms with Crippen molar-refractivity contribution >= 4 is 0 Å². The SMILES string of the molecule is CCCCCC[N+]1(C)C[C@@H]2[C@H](C1)[C@H]1C=C[C@H]2C1. The molecule has 0 aromatic heterocycles. The summed E-state index contributed by atoms with van der Waals surface area (Å²) >= 11 is 0. The standard InChI is InChI=1S/C16H28N/c1-3-4-5-6-9-17(2)11-15-13-7-8-14(10-13)16(15)12-17/h7-8,13-16H,3-6,9-12H2,1-2H3/q+1/t13-,14-,15-,16+,17?/m0/s1. The molecule has 1 unspecified atom stereocenters. The molecule has 2 fully saturated rings. The van der Waals surface area contributed by atoms with Gasteiger partial charge in [0.1, 0.15) is 0 Å². The summed E-state index contributed by atoms with van der Waals surface area (Å²) < 4.78 is 1.38. The van der Waals surface area contributed by atoms with Crippen molar-refractivity contribution in [3.8, 4) is 0 Å². The van der Waals surface area contributed by atoms with E-state index in [1.807, 2.05) is 0 Å². The Morgan fingerprint density at radius 2 is 1.65 bits per heavy atom. The molecule has 1 saturated heterocycles. The molecule has 1 heterocycles. The lowest BCUT2D eigenvalue weighted by Gasteiger charge is -2.31. The fourth-order valence-corrected chi connectivity index (χ4v) is 4.76. The summed E-state index contributed by atoms with van der Waals surface area (Å²) in [4.78, 5) is 0. The lowest BCUT2D eigenvalue weighted by atomic mass is 9.86. The summed E-state index contributed by atoms with van der Waals surface area (Å²) in [5.74, 6) is 4.00. The fourth-order valence-electron chi connectivity index (χ4n) is 4.76. The van der Waals surface area contributed by atoms with Crippen LogP contribution in [0.1, 0.15) is 39.0 Å². The van der Waals surface area contributed by atoms with Crippen LogP contribution in [-0.2, 0) is 0 Å². The van der Waals surface area contributed by atoms with Crippen molar-refractivity contribution in [2.45, 2.75) is 39.0 Å². The molecule has 1 heteroatoms. The van der Waals surface area contributed by atoms with E-state index in [0.29, 0.717) is 0 Å². The molecule has 1 saturated carbocycles. The minimum absolute atomic E-state index is 0.959.